The molecule has 0 aromatic carbocycles. The molecule has 1 aromatic heterocycles. The molecule has 1 N–H and O–H groups in total. The Kier molecular flexibility index (Phi) is 4.44. The lowest BCUT2D eigenvalue weighted by Gasteiger charge is -2.26. The molecule has 18 heavy (non-hydrogen) atoms. The van der Waals surface area contributed by atoms with Gasteiger partial charge in [-0.15, -0.1) is 0 Å². The Morgan fingerprint density at radius 2 is 2.11 bits per heavy atom. The second-order valence-electron chi connectivity index (χ2n) is 5.66. The average molecular weight is 249 g/mol. The van der Waals surface area contributed by atoms with Crippen LogP contribution in [-0.4, -0.2) is 16.3 Å². The number of rotatable bonds is 6. The summed E-state index contributed by atoms with van der Waals surface area (Å²) >= 11 is 0. The van der Waals surface area contributed by atoms with Gasteiger partial charge in [-0.2, -0.15) is 5.10 Å². The monoisotopic (exact) mass is 249 g/mol. The van der Waals surface area contributed by atoms with E-state index in [1.807, 2.05) is 0 Å². The Balaban J connectivity index is 1.90. The van der Waals surface area contributed by atoms with Crippen molar-refractivity contribution in [3.05, 3.63) is 17.0 Å². The van der Waals surface area contributed by atoms with Gasteiger partial charge in [-0.1, -0.05) is 19.3 Å². The van der Waals surface area contributed by atoms with Crippen LogP contribution in [-0.2, 0) is 6.54 Å². The smallest absolute Gasteiger partial charge is 0.0644 e. The van der Waals surface area contributed by atoms with Crippen LogP contribution in [0, 0.1) is 19.8 Å². The van der Waals surface area contributed by atoms with Crippen molar-refractivity contribution in [1.82, 2.24) is 15.1 Å². The Hall–Kier alpha value is -0.830. The van der Waals surface area contributed by atoms with Crippen molar-refractivity contribution in [3.8, 4) is 0 Å². The van der Waals surface area contributed by atoms with E-state index in [1.165, 1.54) is 42.6 Å². The predicted octanol–water partition coefficient (Wildman–Crippen LogP) is 3.36. The fourth-order valence-corrected chi connectivity index (χ4v) is 3.03. The Labute approximate surface area is 111 Å². The molecule has 1 aromatic rings. The molecule has 1 heterocycles. The Morgan fingerprint density at radius 1 is 1.39 bits per heavy atom. The molecule has 0 saturated heterocycles. The highest BCUT2D eigenvalue weighted by Gasteiger charge is 2.19. The lowest BCUT2D eigenvalue weighted by Crippen LogP contribution is -2.24. The van der Waals surface area contributed by atoms with E-state index in [4.69, 9.17) is 0 Å². The average Bonchev–Trinajstić information content (AvgIpc) is 2.57. The molecular formula is C15H27N3. The van der Waals surface area contributed by atoms with Crippen LogP contribution < -0.4 is 5.32 Å². The van der Waals surface area contributed by atoms with Crippen LogP contribution in [0.5, 0.6) is 0 Å². The standard InChI is InChI=1S/C15H27N3/c1-5-18-13(4)15(12(3)17-18)11(2)16-10-9-14-7-6-8-14/h11,14,16H,5-10H2,1-4H3. The van der Waals surface area contributed by atoms with E-state index in [0.29, 0.717) is 6.04 Å². The zero-order valence-electron chi connectivity index (χ0n) is 12.3. The highest BCUT2D eigenvalue weighted by atomic mass is 15.3. The number of aryl methyl sites for hydroxylation is 2. The van der Waals surface area contributed by atoms with Gasteiger partial charge in [0.1, 0.15) is 0 Å². The lowest BCUT2D eigenvalue weighted by molar-refractivity contribution is 0.288. The molecule has 1 aliphatic rings. The van der Waals surface area contributed by atoms with Crippen LogP contribution in [0.3, 0.4) is 0 Å². The third kappa shape index (κ3) is 2.77. The van der Waals surface area contributed by atoms with Gasteiger partial charge in [0.05, 0.1) is 5.69 Å². The summed E-state index contributed by atoms with van der Waals surface area (Å²) in [6.45, 7) is 10.8. The van der Waals surface area contributed by atoms with Crippen molar-refractivity contribution in [3.63, 3.8) is 0 Å². The van der Waals surface area contributed by atoms with E-state index < -0.39 is 0 Å². The molecule has 1 fully saturated rings. The topological polar surface area (TPSA) is 29.9 Å². The van der Waals surface area contributed by atoms with Crippen LogP contribution in [0.2, 0.25) is 0 Å². The molecular weight excluding hydrogens is 222 g/mol. The lowest BCUT2D eigenvalue weighted by atomic mass is 9.83. The molecule has 1 atom stereocenters. The summed E-state index contributed by atoms with van der Waals surface area (Å²) in [4.78, 5) is 0. The zero-order chi connectivity index (χ0) is 13.1. The molecule has 0 bridgehead atoms. The summed E-state index contributed by atoms with van der Waals surface area (Å²) in [5.41, 5.74) is 3.89. The summed E-state index contributed by atoms with van der Waals surface area (Å²) < 4.78 is 2.11. The highest BCUT2D eigenvalue weighted by Crippen LogP contribution is 2.29. The molecule has 0 amide bonds. The Bertz CT molecular complexity index is 391. The van der Waals surface area contributed by atoms with Gasteiger partial charge in [-0.3, -0.25) is 4.68 Å². The second kappa shape index (κ2) is 5.87. The minimum absolute atomic E-state index is 0.422. The second-order valence-corrected chi connectivity index (χ2v) is 5.66. The summed E-state index contributed by atoms with van der Waals surface area (Å²) in [7, 11) is 0. The largest absolute Gasteiger partial charge is 0.310 e. The molecule has 1 unspecified atom stereocenters. The maximum absolute atomic E-state index is 4.60. The SMILES string of the molecule is CCn1nc(C)c(C(C)NCCC2CCC2)c1C. The van der Waals surface area contributed by atoms with E-state index in [9.17, 15) is 0 Å². The third-order valence-electron chi connectivity index (χ3n) is 4.40. The van der Waals surface area contributed by atoms with Crippen molar-refractivity contribution in [2.75, 3.05) is 6.54 Å². The maximum atomic E-state index is 4.60. The first-order valence-corrected chi connectivity index (χ1v) is 7.40. The van der Waals surface area contributed by atoms with Crippen LogP contribution in [0.1, 0.15) is 62.5 Å². The van der Waals surface area contributed by atoms with Gasteiger partial charge in [0, 0.05) is 23.8 Å². The molecule has 0 spiro atoms. The van der Waals surface area contributed by atoms with E-state index >= 15 is 0 Å². The number of nitrogens with zero attached hydrogens (tertiary/aromatic N) is 2. The molecule has 102 valence electrons. The maximum Gasteiger partial charge on any atom is 0.0644 e. The summed E-state index contributed by atoms with van der Waals surface area (Å²) in [6, 6.07) is 0.422. The van der Waals surface area contributed by atoms with Gasteiger partial charge >= 0.3 is 0 Å². The van der Waals surface area contributed by atoms with Gasteiger partial charge in [-0.05, 0) is 46.6 Å². The summed E-state index contributed by atoms with van der Waals surface area (Å²) in [6.07, 6.45) is 5.68. The van der Waals surface area contributed by atoms with E-state index in [0.717, 1.165) is 19.0 Å². The molecule has 0 radical (unpaired) electrons. The number of hydrogen-bond donors (Lipinski definition) is 1. The molecule has 1 aliphatic carbocycles. The fraction of sp³-hybridized carbons (Fsp3) is 0.800. The van der Waals surface area contributed by atoms with Crippen LogP contribution >= 0.6 is 0 Å². The van der Waals surface area contributed by atoms with E-state index in [2.05, 4.69) is 42.8 Å². The molecule has 3 nitrogen and oxygen atoms in total. The quantitative estimate of drug-likeness (QED) is 0.838. The molecule has 3 heteroatoms. The van der Waals surface area contributed by atoms with Gasteiger partial charge in [0.15, 0.2) is 0 Å². The normalized spacial score (nSPS) is 17.8. The van der Waals surface area contributed by atoms with Crippen molar-refractivity contribution in [1.29, 1.82) is 0 Å². The van der Waals surface area contributed by atoms with E-state index in [-0.39, 0.29) is 0 Å². The predicted molar refractivity (Wildman–Crippen MR) is 75.8 cm³/mol. The first-order chi connectivity index (χ1) is 8.63. The number of aromatic nitrogens is 2. The van der Waals surface area contributed by atoms with Crippen molar-refractivity contribution in [2.45, 2.75) is 66.0 Å². The van der Waals surface area contributed by atoms with Crippen LogP contribution in [0.4, 0.5) is 0 Å². The minimum atomic E-state index is 0.422. The van der Waals surface area contributed by atoms with Gasteiger partial charge in [-0.25, -0.2) is 0 Å². The van der Waals surface area contributed by atoms with Gasteiger partial charge < -0.3 is 5.32 Å². The Morgan fingerprint density at radius 3 is 2.61 bits per heavy atom. The molecule has 2 rings (SSSR count). The summed E-state index contributed by atoms with van der Waals surface area (Å²) in [5.74, 6) is 0.991. The molecule has 1 saturated carbocycles. The van der Waals surface area contributed by atoms with Crippen molar-refractivity contribution in [2.24, 2.45) is 5.92 Å². The van der Waals surface area contributed by atoms with Crippen LogP contribution in [0.15, 0.2) is 0 Å². The minimum Gasteiger partial charge on any atom is -0.310 e. The first-order valence-electron chi connectivity index (χ1n) is 7.40. The fourth-order valence-electron chi connectivity index (χ4n) is 3.03. The third-order valence-corrected chi connectivity index (χ3v) is 4.40. The summed E-state index contributed by atoms with van der Waals surface area (Å²) in [5, 5.41) is 8.26. The van der Waals surface area contributed by atoms with Crippen molar-refractivity contribution >= 4 is 0 Å². The van der Waals surface area contributed by atoms with Gasteiger partial charge in [0.25, 0.3) is 0 Å². The number of hydrogen-bond acceptors (Lipinski definition) is 2. The molecule has 0 aliphatic heterocycles. The highest BCUT2D eigenvalue weighted by molar-refractivity contribution is 5.27. The van der Waals surface area contributed by atoms with Gasteiger partial charge in [0.2, 0.25) is 0 Å². The zero-order valence-corrected chi connectivity index (χ0v) is 12.3. The van der Waals surface area contributed by atoms with Crippen molar-refractivity contribution < 1.29 is 0 Å². The van der Waals surface area contributed by atoms with Crippen LogP contribution in [0.25, 0.3) is 0 Å². The number of nitrogens with one attached hydrogen (secondary N) is 1. The van der Waals surface area contributed by atoms with E-state index in [1.54, 1.807) is 0 Å². The first kappa shape index (κ1) is 13.6.